The highest BCUT2D eigenvalue weighted by Gasteiger charge is 2.40. The molecule has 0 radical (unpaired) electrons. The predicted molar refractivity (Wildman–Crippen MR) is 112 cm³/mol. The van der Waals surface area contributed by atoms with Crippen molar-refractivity contribution in [3.63, 3.8) is 0 Å². The molecule has 1 amide bonds. The van der Waals surface area contributed by atoms with Gasteiger partial charge in [-0.2, -0.15) is 4.31 Å². The zero-order chi connectivity index (χ0) is 21.2. The van der Waals surface area contributed by atoms with E-state index in [0.29, 0.717) is 11.3 Å². The minimum absolute atomic E-state index is 0.169. The number of nitrogens with zero attached hydrogens (tertiary/aromatic N) is 2. The number of benzene rings is 1. The Kier molecular flexibility index (Phi) is 6.21. The van der Waals surface area contributed by atoms with Crippen LogP contribution in [0.15, 0.2) is 46.0 Å². The number of rotatable bonds is 4. The summed E-state index contributed by atoms with van der Waals surface area (Å²) in [5, 5.41) is 1.74. The smallest absolute Gasteiger partial charge is 0.410 e. The third-order valence-corrected chi connectivity index (χ3v) is 7.82. The van der Waals surface area contributed by atoms with Crippen LogP contribution in [-0.4, -0.2) is 56.1 Å². The molecule has 1 aromatic carbocycles. The summed E-state index contributed by atoms with van der Waals surface area (Å²) < 4.78 is 39.3. The molecular formula is C20H26N2O5S2. The third-order valence-electron chi connectivity index (χ3n) is 4.54. The zero-order valence-electron chi connectivity index (χ0n) is 17.0. The maximum Gasteiger partial charge on any atom is 0.410 e. The second kappa shape index (κ2) is 8.33. The number of hydrogen-bond donors (Lipinski definition) is 0. The van der Waals surface area contributed by atoms with Gasteiger partial charge in [0.05, 0.1) is 13.2 Å². The van der Waals surface area contributed by atoms with Crippen LogP contribution in [-0.2, 0) is 14.8 Å². The molecule has 3 rings (SSSR count). The Hall–Kier alpha value is -2.10. The first-order valence-corrected chi connectivity index (χ1v) is 11.6. The van der Waals surface area contributed by atoms with Crippen LogP contribution >= 0.6 is 11.3 Å². The van der Waals surface area contributed by atoms with Gasteiger partial charge >= 0.3 is 6.09 Å². The molecule has 2 aromatic rings. The highest BCUT2D eigenvalue weighted by molar-refractivity contribution is 7.91. The average Bonchev–Trinajstić information content (AvgIpc) is 3.22. The number of methoxy groups -OCH3 is 1. The molecule has 1 aromatic heterocycles. The van der Waals surface area contributed by atoms with E-state index in [1.54, 1.807) is 56.4 Å². The molecule has 1 saturated heterocycles. The maximum atomic E-state index is 13.3. The topological polar surface area (TPSA) is 76.2 Å². The van der Waals surface area contributed by atoms with Crippen LogP contribution in [0.25, 0.3) is 0 Å². The molecule has 2 heterocycles. The van der Waals surface area contributed by atoms with Crippen molar-refractivity contribution in [3.05, 3.63) is 47.3 Å². The van der Waals surface area contributed by atoms with Gasteiger partial charge < -0.3 is 14.4 Å². The van der Waals surface area contributed by atoms with Gasteiger partial charge in [0.2, 0.25) is 0 Å². The maximum absolute atomic E-state index is 13.3. The summed E-state index contributed by atoms with van der Waals surface area (Å²) in [5.74, 6) is 0.579. The second-order valence-electron chi connectivity index (χ2n) is 7.73. The summed E-state index contributed by atoms with van der Waals surface area (Å²) in [5.41, 5.74) is 0.0837. The van der Waals surface area contributed by atoms with E-state index in [-0.39, 0.29) is 23.8 Å². The molecule has 7 nitrogen and oxygen atoms in total. The van der Waals surface area contributed by atoms with Crippen LogP contribution in [0, 0.1) is 0 Å². The number of carbonyl (C=O) groups is 1. The highest BCUT2D eigenvalue weighted by Crippen LogP contribution is 2.37. The zero-order valence-corrected chi connectivity index (χ0v) is 18.6. The number of piperazine rings is 1. The van der Waals surface area contributed by atoms with Gasteiger partial charge in [-0.1, -0.05) is 24.3 Å². The van der Waals surface area contributed by atoms with Gasteiger partial charge in [0, 0.05) is 25.2 Å². The van der Waals surface area contributed by atoms with Crippen LogP contribution in [0.3, 0.4) is 0 Å². The molecule has 1 aliphatic rings. The molecule has 0 N–H and O–H groups in total. The summed E-state index contributed by atoms with van der Waals surface area (Å²) in [6.45, 7) is 6.02. The number of thiophene rings is 1. The monoisotopic (exact) mass is 438 g/mol. The quantitative estimate of drug-likeness (QED) is 0.727. The molecule has 9 heteroatoms. The lowest BCUT2D eigenvalue weighted by Crippen LogP contribution is -2.53. The van der Waals surface area contributed by atoms with Crippen LogP contribution in [0.1, 0.15) is 32.4 Å². The number of para-hydroxylation sites is 1. The van der Waals surface area contributed by atoms with E-state index in [1.807, 2.05) is 18.2 Å². The summed E-state index contributed by atoms with van der Waals surface area (Å²) in [6, 6.07) is 10.0. The minimum Gasteiger partial charge on any atom is -0.496 e. The van der Waals surface area contributed by atoms with Crippen molar-refractivity contribution in [1.29, 1.82) is 0 Å². The Bertz CT molecular complexity index is 952. The molecule has 0 bridgehead atoms. The van der Waals surface area contributed by atoms with Crippen molar-refractivity contribution in [3.8, 4) is 5.75 Å². The molecule has 1 atom stereocenters. The Morgan fingerprint density at radius 1 is 1.14 bits per heavy atom. The van der Waals surface area contributed by atoms with E-state index in [0.717, 1.165) is 0 Å². The Morgan fingerprint density at radius 2 is 1.86 bits per heavy atom. The Labute approximate surface area is 175 Å². The van der Waals surface area contributed by atoms with Gasteiger partial charge in [-0.05, 0) is 38.3 Å². The van der Waals surface area contributed by atoms with Crippen LogP contribution in [0.5, 0.6) is 5.75 Å². The molecule has 0 saturated carbocycles. The predicted octanol–water partition coefficient (Wildman–Crippen LogP) is 3.74. The number of carbonyl (C=O) groups excluding carboxylic acids is 1. The van der Waals surface area contributed by atoms with E-state index in [2.05, 4.69) is 0 Å². The molecule has 0 aliphatic carbocycles. The largest absolute Gasteiger partial charge is 0.496 e. The van der Waals surface area contributed by atoms with Crippen LogP contribution in [0.2, 0.25) is 0 Å². The summed E-state index contributed by atoms with van der Waals surface area (Å²) in [4.78, 5) is 14.2. The van der Waals surface area contributed by atoms with Gasteiger partial charge in [0.25, 0.3) is 10.0 Å². The van der Waals surface area contributed by atoms with E-state index in [4.69, 9.17) is 9.47 Å². The molecule has 1 fully saturated rings. The first kappa shape index (κ1) is 21.6. The number of amides is 1. The number of hydrogen-bond acceptors (Lipinski definition) is 6. The fourth-order valence-electron chi connectivity index (χ4n) is 3.27. The number of ether oxygens (including phenoxy) is 2. The molecule has 0 unspecified atom stereocenters. The molecule has 1 aliphatic heterocycles. The minimum atomic E-state index is -3.71. The fourth-order valence-corrected chi connectivity index (χ4v) is 5.97. The van der Waals surface area contributed by atoms with E-state index in [9.17, 15) is 13.2 Å². The second-order valence-corrected chi connectivity index (χ2v) is 10.8. The molecule has 29 heavy (non-hydrogen) atoms. The lowest BCUT2D eigenvalue weighted by molar-refractivity contribution is 0.0129. The van der Waals surface area contributed by atoms with Gasteiger partial charge in [-0.3, -0.25) is 0 Å². The number of sulfonamides is 1. The van der Waals surface area contributed by atoms with E-state index in [1.165, 1.54) is 15.6 Å². The summed E-state index contributed by atoms with van der Waals surface area (Å²) in [7, 11) is -2.16. The van der Waals surface area contributed by atoms with Crippen molar-refractivity contribution in [2.45, 2.75) is 36.6 Å². The summed E-state index contributed by atoms with van der Waals surface area (Å²) >= 11 is 1.18. The van der Waals surface area contributed by atoms with Crippen LogP contribution < -0.4 is 4.74 Å². The van der Waals surface area contributed by atoms with Gasteiger partial charge in [-0.15, -0.1) is 11.3 Å². The first-order chi connectivity index (χ1) is 13.6. The van der Waals surface area contributed by atoms with Crippen molar-refractivity contribution in [1.82, 2.24) is 9.21 Å². The van der Waals surface area contributed by atoms with E-state index >= 15 is 0 Å². The Balaban J connectivity index is 1.98. The van der Waals surface area contributed by atoms with Crippen molar-refractivity contribution < 1.29 is 22.7 Å². The lowest BCUT2D eigenvalue weighted by Gasteiger charge is -2.41. The van der Waals surface area contributed by atoms with Crippen LogP contribution in [0.4, 0.5) is 4.79 Å². The standard InChI is InChI=1S/C20H26N2O5S2/c1-20(2,3)27-19(23)21-11-12-22(29(24,25)18-10-7-13-28-18)16(14-21)15-8-5-6-9-17(15)26-4/h5-10,13,16H,11-12,14H2,1-4H3/t16-/m1/s1. The van der Waals surface area contributed by atoms with Crippen molar-refractivity contribution in [2.75, 3.05) is 26.7 Å². The van der Waals surface area contributed by atoms with Gasteiger partial charge in [0.1, 0.15) is 15.6 Å². The average molecular weight is 439 g/mol. The fraction of sp³-hybridized carbons (Fsp3) is 0.450. The van der Waals surface area contributed by atoms with Crippen molar-refractivity contribution in [2.24, 2.45) is 0 Å². The van der Waals surface area contributed by atoms with Crippen molar-refractivity contribution >= 4 is 27.5 Å². The lowest BCUT2D eigenvalue weighted by atomic mass is 10.0. The molecule has 0 spiro atoms. The highest BCUT2D eigenvalue weighted by atomic mass is 32.2. The van der Waals surface area contributed by atoms with Gasteiger partial charge in [-0.25, -0.2) is 13.2 Å². The first-order valence-electron chi connectivity index (χ1n) is 9.29. The molecular weight excluding hydrogens is 412 g/mol. The summed E-state index contributed by atoms with van der Waals surface area (Å²) in [6.07, 6.45) is -0.453. The Morgan fingerprint density at radius 3 is 2.48 bits per heavy atom. The van der Waals surface area contributed by atoms with Gasteiger partial charge in [0.15, 0.2) is 0 Å². The molecule has 158 valence electrons. The SMILES string of the molecule is COc1ccccc1[C@H]1CN(C(=O)OC(C)(C)C)CCN1S(=O)(=O)c1cccs1. The van der Waals surface area contributed by atoms with E-state index < -0.39 is 27.8 Å². The normalized spacial score (nSPS) is 18.5. The third kappa shape index (κ3) is 4.73.